The van der Waals surface area contributed by atoms with Crippen LogP contribution < -0.4 is 5.56 Å². The predicted octanol–water partition coefficient (Wildman–Crippen LogP) is 4.90. The topological polar surface area (TPSA) is 74.0 Å². The van der Waals surface area contributed by atoms with Crippen LogP contribution in [0.25, 0.3) is 21.9 Å². The van der Waals surface area contributed by atoms with Crippen LogP contribution in [0.1, 0.15) is 46.9 Å². The second-order valence-electron chi connectivity index (χ2n) is 7.65. The Kier molecular flexibility index (Phi) is 5.80. The molecule has 6 nitrogen and oxygen atoms in total. The van der Waals surface area contributed by atoms with E-state index in [0.717, 1.165) is 5.56 Å². The number of fused-ring (bicyclic) bond motifs is 1. The zero-order valence-corrected chi connectivity index (χ0v) is 18.8. The standard InChI is InChI=1S/C25H22ClN3O3/c1-4-22(31)24-23(16-8-6-5-7-9-16)20-12-17(26)10-11-19(20)25(32)29(24)14-18-13-21(15(2)30)28(3)27-18/h5-13H,4,14H2,1-3H3. The third-order valence-electron chi connectivity index (χ3n) is 5.49. The van der Waals surface area contributed by atoms with E-state index in [1.165, 1.54) is 16.2 Å². The number of Topliss-reactive ketones (excluding diaryl/α,β-unsaturated/α-hetero) is 2. The zero-order valence-electron chi connectivity index (χ0n) is 18.1. The number of pyridine rings is 1. The van der Waals surface area contributed by atoms with Gasteiger partial charge in [0.1, 0.15) is 5.69 Å². The predicted molar refractivity (Wildman–Crippen MR) is 126 cm³/mol. The lowest BCUT2D eigenvalue weighted by molar-refractivity contribution is 0.0977. The Labute approximate surface area is 190 Å². The van der Waals surface area contributed by atoms with Gasteiger partial charge in [0.2, 0.25) is 0 Å². The van der Waals surface area contributed by atoms with Crippen molar-refractivity contribution in [1.29, 1.82) is 0 Å². The van der Waals surface area contributed by atoms with E-state index in [4.69, 9.17) is 11.6 Å². The van der Waals surface area contributed by atoms with Crippen molar-refractivity contribution in [2.75, 3.05) is 0 Å². The quantitative estimate of drug-likeness (QED) is 0.394. The second-order valence-corrected chi connectivity index (χ2v) is 8.08. The number of aryl methyl sites for hydroxylation is 1. The molecule has 4 rings (SSSR count). The van der Waals surface area contributed by atoms with Crippen LogP contribution in [-0.2, 0) is 13.6 Å². The van der Waals surface area contributed by atoms with Gasteiger partial charge in [-0.3, -0.25) is 23.6 Å². The fraction of sp³-hybridized carbons (Fsp3) is 0.200. The Morgan fingerprint density at radius 1 is 1.03 bits per heavy atom. The molecule has 2 heterocycles. The molecule has 7 heteroatoms. The third-order valence-corrected chi connectivity index (χ3v) is 5.73. The van der Waals surface area contributed by atoms with E-state index in [0.29, 0.717) is 38.4 Å². The molecular formula is C25H22ClN3O3. The number of ketones is 2. The molecule has 0 aliphatic heterocycles. The minimum absolute atomic E-state index is 0.0689. The van der Waals surface area contributed by atoms with Crippen molar-refractivity contribution in [2.24, 2.45) is 7.05 Å². The molecule has 2 aromatic carbocycles. The van der Waals surface area contributed by atoms with Gasteiger partial charge in [0.05, 0.1) is 17.9 Å². The molecule has 0 N–H and O–H groups in total. The van der Waals surface area contributed by atoms with Crippen LogP contribution in [0, 0.1) is 0 Å². The maximum atomic E-state index is 13.6. The Balaban J connectivity index is 2.08. The molecule has 0 unspecified atom stereocenters. The number of nitrogens with zero attached hydrogens (tertiary/aromatic N) is 3. The number of benzene rings is 2. The molecule has 162 valence electrons. The van der Waals surface area contributed by atoms with Crippen LogP contribution in [0.5, 0.6) is 0 Å². The first kappa shape index (κ1) is 21.7. The minimum Gasteiger partial charge on any atom is -0.298 e. The number of aromatic nitrogens is 3. The van der Waals surface area contributed by atoms with Gasteiger partial charge < -0.3 is 0 Å². The highest BCUT2D eigenvalue weighted by Crippen LogP contribution is 2.33. The minimum atomic E-state index is -0.303. The van der Waals surface area contributed by atoms with Crippen LogP contribution in [-0.4, -0.2) is 25.9 Å². The molecule has 0 fully saturated rings. The van der Waals surface area contributed by atoms with Gasteiger partial charge in [-0.15, -0.1) is 0 Å². The van der Waals surface area contributed by atoms with Crippen LogP contribution in [0.3, 0.4) is 0 Å². The second kappa shape index (κ2) is 8.55. The van der Waals surface area contributed by atoms with E-state index in [1.807, 2.05) is 30.3 Å². The molecule has 0 bridgehead atoms. The molecule has 32 heavy (non-hydrogen) atoms. The summed E-state index contributed by atoms with van der Waals surface area (Å²) in [7, 11) is 1.68. The largest absolute Gasteiger partial charge is 0.298 e. The van der Waals surface area contributed by atoms with Crippen molar-refractivity contribution >= 4 is 33.9 Å². The smallest absolute Gasteiger partial charge is 0.259 e. The summed E-state index contributed by atoms with van der Waals surface area (Å²) in [5.74, 6) is -0.285. The number of rotatable bonds is 6. The number of halogens is 1. The number of hydrogen-bond acceptors (Lipinski definition) is 4. The van der Waals surface area contributed by atoms with Gasteiger partial charge in [-0.25, -0.2) is 0 Å². The number of hydrogen-bond donors (Lipinski definition) is 0. The molecule has 0 atom stereocenters. The maximum Gasteiger partial charge on any atom is 0.259 e. The van der Waals surface area contributed by atoms with Gasteiger partial charge in [0.25, 0.3) is 5.56 Å². The normalized spacial score (nSPS) is 11.1. The lowest BCUT2D eigenvalue weighted by Crippen LogP contribution is -2.28. The molecule has 0 aliphatic carbocycles. The van der Waals surface area contributed by atoms with E-state index in [9.17, 15) is 14.4 Å². The van der Waals surface area contributed by atoms with E-state index < -0.39 is 0 Å². The van der Waals surface area contributed by atoms with Gasteiger partial charge >= 0.3 is 0 Å². The van der Waals surface area contributed by atoms with Crippen molar-refractivity contribution in [2.45, 2.75) is 26.8 Å². The summed E-state index contributed by atoms with van der Waals surface area (Å²) < 4.78 is 2.96. The van der Waals surface area contributed by atoms with E-state index in [1.54, 1.807) is 38.2 Å². The summed E-state index contributed by atoms with van der Waals surface area (Å²) in [6.45, 7) is 3.30. The number of carbonyl (C=O) groups excluding carboxylic acids is 2. The molecule has 0 spiro atoms. The molecule has 0 aliphatic rings. The summed E-state index contributed by atoms with van der Waals surface area (Å²) in [5.41, 5.74) is 2.45. The van der Waals surface area contributed by atoms with Crippen molar-refractivity contribution in [3.63, 3.8) is 0 Å². The summed E-state index contributed by atoms with van der Waals surface area (Å²) in [4.78, 5) is 38.6. The SMILES string of the molecule is CCC(=O)c1c(-c2ccccc2)c2cc(Cl)ccc2c(=O)n1Cc1cc(C(C)=O)n(C)n1. The van der Waals surface area contributed by atoms with Gasteiger partial charge in [-0.2, -0.15) is 5.10 Å². The molecule has 0 amide bonds. The van der Waals surface area contributed by atoms with Crippen LogP contribution in [0.4, 0.5) is 0 Å². The van der Waals surface area contributed by atoms with E-state index in [-0.39, 0.29) is 30.1 Å². The lowest BCUT2D eigenvalue weighted by atomic mass is 9.94. The van der Waals surface area contributed by atoms with Crippen LogP contribution in [0.2, 0.25) is 5.02 Å². The molecule has 4 aromatic rings. The first-order chi connectivity index (χ1) is 15.3. The molecule has 0 radical (unpaired) electrons. The van der Waals surface area contributed by atoms with Gasteiger partial charge in [0.15, 0.2) is 11.6 Å². The highest BCUT2D eigenvalue weighted by atomic mass is 35.5. The van der Waals surface area contributed by atoms with Crippen molar-refractivity contribution in [3.05, 3.63) is 87.1 Å². The van der Waals surface area contributed by atoms with E-state index >= 15 is 0 Å². The highest BCUT2D eigenvalue weighted by molar-refractivity contribution is 6.31. The first-order valence-corrected chi connectivity index (χ1v) is 10.7. The van der Waals surface area contributed by atoms with Crippen LogP contribution in [0.15, 0.2) is 59.4 Å². The molecule has 2 aromatic heterocycles. The van der Waals surface area contributed by atoms with Crippen molar-refractivity contribution < 1.29 is 9.59 Å². The Morgan fingerprint density at radius 3 is 2.38 bits per heavy atom. The first-order valence-electron chi connectivity index (χ1n) is 10.3. The van der Waals surface area contributed by atoms with Crippen LogP contribution >= 0.6 is 11.6 Å². The Bertz CT molecular complexity index is 1420. The summed E-state index contributed by atoms with van der Waals surface area (Å²) >= 11 is 6.28. The molecule has 0 saturated heterocycles. The molecule has 0 saturated carbocycles. The van der Waals surface area contributed by atoms with Gasteiger partial charge in [-0.1, -0.05) is 48.9 Å². The fourth-order valence-electron chi connectivity index (χ4n) is 4.02. The highest BCUT2D eigenvalue weighted by Gasteiger charge is 2.23. The van der Waals surface area contributed by atoms with Gasteiger partial charge in [0, 0.05) is 36.4 Å². The average molecular weight is 448 g/mol. The number of carbonyl (C=O) groups is 2. The Hall–Kier alpha value is -3.51. The van der Waals surface area contributed by atoms with Crippen molar-refractivity contribution in [3.8, 4) is 11.1 Å². The van der Waals surface area contributed by atoms with Gasteiger partial charge in [-0.05, 0) is 35.2 Å². The average Bonchev–Trinajstić information content (AvgIpc) is 3.15. The van der Waals surface area contributed by atoms with Crippen molar-refractivity contribution in [1.82, 2.24) is 14.3 Å². The monoisotopic (exact) mass is 447 g/mol. The zero-order chi connectivity index (χ0) is 23.0. The summed E-state index contributed by atoms with van der Waals surface area (Å²) in [6.07, 6.45) is 0.228. The summed E-state index contributed by atoms with van der Waals surface area (Å²) in [6, 6.07) is 16.2. The summed E-state index contributed by atoms with van der Waals surface area (Å²) in [5, 5.41) is 5.97. The maximum absolute atomic E-state index is 13.6. The van der Waals surface area contributed by atoms with E-state index in [2.05, 4.69) is 5.10 Å². The third kappa shape index (κ3) is 3.78. The lowest BCUT2D eigenvalue weighted by Gasteiger charge is -2.19. The Morgan fingerprint density at radius 2 is 1.75 bits per heavy atom. The fourth-order valence-corrected chi connectivity index (χ4v) is 4.19. The molecular weight excluding hydrogens is 426 g/mol.